The average Bonchev–Trinajstić information content (AvgIpc) is 2.91. The van der Waals surface area contributed by atoms with Crippen LogP contribution in [0.25, 0.3) is 17.0 Å². The third-order valence-electron chi connectivity index (χ3n) is 3.70. The van der Waals surface area contributed by atoms with Gasteiger partial charge >= 0.3 is 0 Å². The van der Waals surface area contributed by atoms with Crippen LogP contribution in [-0.2, 0) is 0 Å². The molecule has 0 radical (unpaired) electrons. The van der Waals surface area contributed by atoms with Crippen LogP contribution in [0.1, 0.15) is 17.2 Å². The van der Waals surface area contributed by atoms with E-state index in [1.54, 1.807) is 0 Å². The molecule has 2 nitrogen and oxygen atoms in total. The summed E-state index contributed by atoms with van der Waals surface area (Å²) in [6.45, 7) is 0. The van der Waals surface area contributed by atoms with Crippen molar-refractivity contribution in [3.05, 3.63) is 71.9 Å². The van der Waals surface area contributed by atoms with Crippen LogP contribution >= 0.6 is 0 Å². The predicted octanol–water partition coefficient (Wildman–Crippen LogP) is 4.35. The Balaban J connectivity index is 1.79. The fourth-order valence-corrected chi connectivity index (χ4v) is 2.72. The van der Waals surface area contributed by atoms with E-state index in [4.69, 9.17) is 0 Å². The van der Waals surface area contributed by atoms with Crippen molar-refractivity contribution in [3.63, 3.8) is 0 Å². The maximum Gasteiger partial charge on any atom is 0.0722 e. The number of aromatic amines is 1. The molecule has 2 heteroatoms. The normalized spacial score (nSPS) is 17.2. The molecular formula is C17H14N2. The molecule has 1 aliphatic heterocycles. The molecule has 0 fully saturated rings. The van der Waals surface area contributed by atoms with Gasteiger partial charge in [0.05, 0.1) is 6.04 Å². The molecular weight excluding hydrogens is 232 g/mol. The van der Waals surface area contributed by atoms with Crippen LogP contribution in [0, 0.1) is 0 Å². The molecule has 0 amide bonds. The fourth-order valence-electron chi connectivity index (χ4n) is 2.72. The smallest absolute Gasteiger partial charge is 0.0722 e. The SMILES string of the molecule is C1=CC(c2c[nH]c3ccccc23)Nc2ccccc21. The molecule has 0 saturated heterocycles. The summed E-state index contributed by atoms with van der Waals surface area (Å²) in [6, 6.07) is 17.0. The number of rotatable bonds is 1. The number of benzene rings is 2. The fraction of sp³-hybridized carbons (Fsp3) is 0.0588. The Morgan fingerprint density at radius 1 is 0.895 bits per heavy atom. The summed E-state index contributed by atoms with van der Waals surface area (Å²) in [7, 11) is 0. The zero-order chi connectivity index (χ0) is 12.7. The zero-order valence-corrected chi connectivity index (χ0v) is 10.4. The van der Waals surface area contributed by atoms with Crippen molar-refractivity contribution in [2.24, 2.45) is 0 Å². The molecule has 92 valence electrons. The minimum atomic E-state index is 0.228. The Hall–Kier alpha value is -2.48. The number of fused-ring (bicyclic) bond motifs is 2. The van der Waals surface area contributed by atoms with E-state index in [1.807, 2.05) is 0 Å². The molecule has 0 aliphatic carbocycles. The Labute approximate surface area is 111 Å². The first kappa shape index (κ1) is 10.4. The summed E-state index contributed by atoms with van der Waals surface area (Å²) in [5.41, 5.74) is 4.92. The van der Waals surface area contributed by atoms with Crippen LogP contribution in [0.4, 0.5) is 5.69 Å². The van der Waals surface area contributed by atoms with Gasteiger partial charge in [0, 0.05) is 28.4 Å². The Morgan fingerprint density at radius 2 is 1.74 bits per heavy atom. The molecule has 2 aromatic carbocycles. The zero-order valence-electron chi connectivity index (χ0n) is 10.4. The van der Waals surface area contributed by atoms with Gasteiger partial charge in [-0.2, -0.15) is 0 Å². The summed E-state index contributed by atoms with van der Waals surface area (Å²) in [4.78, 5) is 3.34. The van der Waals surface area contributed by atoms with Crippen molar-refractivity contribution >= 4 is 22.7 Å². The van der Waals surface area contributed by atoms with Gasteiger partial charge in [-0.25, -0.2) is 0 Å². The number of para-hydroxylation sites is 2. The quantitative estimate of drug-likeness (QED) is 0.656. The highest BCUT2D eigenvalue weighted by atomic mass is 14.9. The van der Waals surface area contributed by atoms with Gasteiger partial charge in [0.25, 0.3) is 0 Å². The number of H-pyrrole nitrogens is 1. The van der Waals surface area contributed by atoms with Gasteiger partial charge in [-0.3, -0.25) is 0 Å². The van der Waals surface area contributed by atoms with Gasteiger partial charge in [0.1, 0.15) is 0 Å². The van der Waals surface area contributed by atoms with E-state index in [0.29, 0.717) is 0 Å². The van der Waals surface area contributed by atoms with E-state index in [2.05, 4.69) is 77.2 Å². The summed E-state index contributed by atoms with van der Waals surface area (Å²) in [5, 5.41) is 4.87. The number of anilines is 1. The van der Waals surface area contributed by atoms with E-state index < -0.39 is 0 Å². The van der Waals surface area contributed by atoms with Gasteiger partial charge in [-0.15, -0.1) is 0 Å². The first-order chi connectivity index (χ1) is 9.42. The first-order valence-corrected chi connectivity index (χ1v) is 6.51. The predicted molar refractivity (Wildman–Crippen MR) is 80.1 cm³/mol. The van der Waals surface area contributed by atoms with Crippen LogP contribution in [0.15, 0.2) is 60.8 Å². The molecule has 1 unspecified atom stereocenters. The number of nitrogens with one attached hydrogen (secondary N) is 2. The summed E-state index contributed by atoms with van der Waals surface area (Å²) in [5.74, 6) is 0. The van der Waals surface area contributed by atoms with Gasteiger partial charge < -0.3 is 10.3 Å². The molecule has 2 heterocycles. The number of hydrogen-bond acceptors (Lipinski definition) is 1. The Bertz CT molecular complexity index is 768. The molecule has 3 aromatic rings. The molecule has 0 saturated carbocycles. The minimum absolute atomic E-state index is 0.228. The lowest BCUT2D eigenvalue weighted by Crippen LogP contribution is -2.11. The average molecular weight is 246 g/mol. The third kappa shape index (κ3) is 1.65. The molecule has 1 aromatic heterocycles. The third-order valence-corrected chi connectivity index (χ3v) is 3.70. The second-order valence-corrected chi connectivity index (χ2v) is 4.86. The van der Waals surface area contributed by atoms with E-state index in [1.165, 1.54) is 27.7 Å². The maximum absolute atomic E-state index is 3.58. The van der Waals surface area contributed by atoms with Crippen molar-refractivity contribution in [1.82, 2.24) is 4.98 Å². The topological polar surface area (TPSA) is 27.8 Å². The Kier molecular flexibility index (Phi) is 2.21. The van der Waals surface area contributed by atoms with E-state index in [9.17, 15) is 0 Å². The van der Waals surface area contributed by atoms with E-state index >= 15 is 0 Å². The maximum atomic E-state index is 3.58. The highest BCUT2D eigenvalue weighted by Crippen LogP contribution is 2.33. The number of hydrogen-bond donors (Lipinski definition) is 2. The Morgan fingerprint density at radius 3 is 2.74 bits per heavy atom. The highest BCUT2D eigenvalue weighted by molar-refractivity contribution is 5.85. The summed E-state index contributed by atoms with van der Waals surface area (Å²) >= 11 is 0. The van der Waals surface area contributed by atoms with Crippen LogP contribution in [0.5, 0.6) is 0 Å². The molecule has 1 atom stereocenters. The van der Waals surface area contributed by atoms with Crippen LogP contribution in [0.2, 0.25) is 0 Å². The summed E-state index contributed by atoms with van der Waals surface area (Å²) in [6.07, 6.45) is 6.51. The van der Waals surface area contributed by atoms with Crippen molar-refractivity contribution in [2.45, 2.75) is 6.04 Å². The molecule has 1 aliphatic rings. The van der Waals surface area contributed by atoms with Crippen molar-refractivity contribution in [3.8, 4) is 0 Å². The van der Waals surface area contributed by atoms with Crippen LogP contribution < -0.4 is 5.32 Å². The van der Waals surface area contributed by atoms with Gasteiger partial charge in [-0.1, -0.05) is 48.6 Å². The highest BCUT2D eigenvalue weighted by Gasteiger charge is 2.16. The van der Waals surface area contributed by atoms with Gasteiger partial charge in [0.2, 0.25) is 0 Å². The molecule has 0 spiro atoms. The summed E-state index contributed by atoms with van der Waals surface area (Å²) < 4.78 is 0. The van der Waals surface area contributed by atoms with Crippen LogP contribution in [0.3, 0.4) is 0 Å². The minimum Gasteiger partial charge on any atom is -0.374 e. The van der Waals surface area contributed by atoms with Crippen molar-refractivity contribution in [1.29, 1.82) is 0 Å². The first-order valence-electron chi connectivity index (χ1n) is 6.51. The van der Waals surface area contributed by atoms with E-state index in [0.717, 1.165) is 0 Å². The van der Waals surface area contributed by atoms with Crippen LogP contribution in [-0.4, -0.2) is 4.98 Å². The molecule has 0 bridgehead atoms. The van der Waals surface area contributed by atoms with Crippen molar-refractivity contribution < 1.29 is 0 Å². The van der Waals surface area contributed by atoms with E-state index in [-0.39, 0.29) is 6.04 Å². The molecule has 4 rings (SSSR count). The lowest BCUT2D eigenvalue weighted by Gasteiger charge is -2.22. The van der Waals surface area contributed by atoms with Gasteiger partial charge in [0.15, 0.2) is 0 Å². The standard InChI is InChI=1S/C17H14N2/c1-3-7-15-12(5-1)9-10-17(19-15)14-11-18-16-8-4-2-6-13(14)16/h1-11,17-19H. The van der Waals surface area contributed by atoms with Gasteiger partial charge in [-0.05, 0) is 17.7 Å². The monoisotopic (exact) mass is 246 g/mol. The lowest BCUT2D eigenvalue weighted by molar-refractivity contribution is 0.990. The van der Waals surface area contributed by atoms with Crippen molar-refractivity contribution in [2.75, 3.05) is 5.32 Å². The molecule has 2 N–H and O–H groups in total. The lowest BCUT2D eigenvalue weighted by atomic mass is 9.99. The largest absolute Gasteiger partial charge is 0.374 e. The second kappa shape index (κ2) is 4.02. The second-order valence-electron chi connectivity index (χ2n) is 4.86. The molecule has 19 heavy (non-hydrogen) atoms. The number of aromatic nitrogens is 1.